The summed E-state index contributed by atoms with van der Waals surface area (Å²) >= 11 is 0. The van der Waals surface area contributed by atoms with Gasteiger partial charge < -0.3 is 10.1 Å². The van der Waals surface area contributed by atoms with Crippen molar-refractivity contribution in [3.8, 4) is 11.8 Å². The third kappa shape index (κ3) is 4.38. The summed E-state index contributed by atoms with van der Waals surface area (Å²) < 4.78 is 67.6. The van der Waals surface area contributed by atoms with Gasteiger partial charge in [-0.3, -0.25) is 4.79 Å². The van der Waals surface area contributed by atoms with Gasteiger partial charge in [-0.1, -0.05) is 0 Å². The number of sulfone groups is 1. The number of nitrogens with zero attached hydrogens (tertiary/aromatic N) is 3. The molecule has 0 aliphatic rings. The molecule has 0 aliphatic heterocycles. The van der Waals surface area contributed by atoms with E-state index in [4.69, 9.17) is 4.74 Å². The zero-order valence-corrected chi connectivity index (χ0v) is 16.0. The minimum Gasteiger partial charge on any atom is -0.424 e. The maximum atomic E-state index is 12.9. The summed E-state index contributed by atoms with van der Waals surface area (Å²) in [4.78, 5) is 23.6. The van der Waals surface area contributed by atoms with Crippen molar-refractivity contribution >= 4 is 21.4 Å². The van der Waals surface area contributed by atoms with E-state index in [9.17, 15) is 26.4 Å². The number of hydrogen-bond acceptors (Lipinski definition) is 7. The van der Waals surface area contributed by atoms with Gasteiger partial charge in [-0.25, -0.2) is 23.4 Å². The smallest absolute Gasteiger partial charge is 0.424 e. The molecule has 3 aromatic rings. The Kier molecular flexibility index (Phi) is 5.69. The molecule has 0 bridgehead atoms. The fourth-order valence-electron chi connectivity index (χ4n) is 2.36. The Morgan fingerprint density at radius 3 is 2.33 bits per heavy atom. The number of alkyl halides is 3. The average molecular weight is 438 g/mol. The van der Waals surface area contributed by atoms with E-state index in [-0.39, 0.29) is 11.7 Å². The maximum absolute atomic E-state index is 12.9. The van der Waals surface area contributed by atoms with Crippen molar-refractivity contribution in [3.05, 3.63) is 66.1 Å². The molecule has 156 valence electrons. The number of ether oxygens (including phenoxy) is 1. The first-order valence-corrected chi connectivity index (χ1v) is 9.71. The molecule has 0 atom stereocenters. The van der Waals surface area contributed by atoms with Gasteiger partial charge in [0.05, 0.1) is 5.56 Å². The summed E-state index contributed by atoms with van der Waals surface area (Å²) in [7, 11) is -5.80. The molecule has 0 unspecified atom stereocenters. The number of amides is 1. The fourth-order valence-corrected chi connectivity index (χ4v) is 3.23. The van der Waals surface area contributed by atoms with Crippen molar-refractivity contribution in [3.63, 3.8) is 0 Å². The number of aromatic nitrogens is 3. The van der Waals surface area contributed by atoms with Crippen molar-refractivity contribution < 1.29 is 31.1 Å². The van der Waals surface area contributed by atoms with Crippen LogP contribution in [-0.2, 0) is 9.84 Å². The van der Waals surface area contributed by atoms with E-state index >= 15 is 0 Å². The molecule has 0 spiro atoms. The predicted octanol–water partition coefficient (Wildman–Crippen LogP) is 3.52. The van der Waals surface area contributed by atoms with Crippen LogP contribution in [-0.4, -0.2) is 34.8 Å². The lowest BCUT2D eigenvalue weighted by atomic mass is 10.1. The van der Waals surface area contributed by atoms with Crippen LogP contribution in [0.15, 0.2) is 60.0 Å². The van der Waals surface area contributed by atoms with Crippen molar-refractivity contribution in [2.75, 3.05) is 5.32 Å². The molecular weight excluding hydrogens is 425 g/mol. The van der Waals surface area contributed by atoms with E-state index in [1.807, 2.05) is 0 Å². The number of rotatable bonds is 5. The lowest BCUT2D eigenvalue weighted by molar-refractivity contribution is -0.0438. The summed E-state index contributed by atoms with van der Waals surface area (Å²) in [6.07, 6.45) is 3.84. The van der Waals surface area contributed by atoms with Gasteiger partial charge in [0, 0.05) is 24.3 Å². The van der Waals surface area contributed by atoms with Gasteiger partial charge in [0.15, 0.2) is 5.03 Å². The highest BCUT2D eigenvalue weighted by molar-refractivity contribution is 7.92. The van der Waals surface area contributed by atoms with Crippen LogP contribution in [0.3, 0.4) is 0 Å². The largest absolute Gasteiger partial charge is 0.503 e. The Hall–Kier alpha value is -3.54. The van der Waals surface area contributed by atoms with Crippen LogP contribution >= 0.6 is 0 Å². The van der Waals surface area contributed by atoms with Crippen molar-refractivity contribution in [1.29, 1.82) is 0 Å². The first-order chi connectivity index (χ1) is 14.1. The molecule has 0 fully saturated rings. The molecular formula is C18H13F3N4O4S. The van der Waals surface area contributed by atoms with Gasteiger partial charge in [-0.05, 0) is 48.9 Å². The molecule has 0 saturated heterocycles. The van der Waals surface area contributed by atoms with Gasteiger partial charge in [0.25, 0.3) is 15.7 Å². The Balaban J connectivity index is 1.85. The van der Waals surface area contributed by atoms with E-state index in [0.717, 1.165) is 18.3 Å². The van der Waals surface area contributed by atoms with E-state index in [1.165, 1.54) is 24.5 Å². The molecule has 0 saturated carbocycles. The lowest BCUT2D eigenvalue weighted by Crippen LogP contribution is -2.27. The van der Waals surface area contributed by atoms with Crippen LogP contribution in [0.5, 0.6) is 11.8 Å². The zero-order chi connectivity index (χ0) is 21.9. The van der Waals surface area contributed by atoms with E-state index in [0.29, 0.717) is 11.3 Å². The monoisotopic (exact) mass is 438 g/mol. The Morgan fingerprint density at radius 2 is 1.70 bits per heavy atom. The standard InChI is InChI=1S/C18H13F3N4O4S/c1-11-10-12(29-17-23-8-3-9-24-17)5-6-14(11)25-15(26)13-4-2-7-22-16(13)30(27,28)18(19,20)21/h2-10H,1H3,(H,25,26). The van der Waals surface area contributed by atoms with Crippen LogP contribution in [0.2, 0.25) is 0 Å². The minimum absolute atomic E-state index is 0.103. The number of aryl methyl sites for hydroxylation is 1. The SMILES string of the molecule is Cc1cc(Oc2ncccn2)ccc1NC(=O)c1cccnc1S(=O)(=O)C(F)(F)F. The predicted molar refractivity (Wildman–Crippen MR) is 98.7 cm³/mol. The number of hydrogen-bond donors (Lipinski definition) is 1. The summed E-state index contributed by atoms with van der Waals surface area (Å²) in [6.45, 7) is 1.62. The van der Waals surface area contributed by atoms with E-state index in [2.05, 4.69) is 20.3 Å². The molecule has 30 heavy (non-hydrogen) atoms. The average Bonchev–Trinajstić information content (AvgIpc) is 2.70. The molecule has 2 aromatic heterocycles. The number of carbonyl (C=O) groups excluding carboxylic acids is 1. The quantitative estimate of drug-likeness (QED) is 0.649. The Morgan fingerprint density at radius 1 is 1.03 bits per heavy atom. The summed E-state index contributed by atoms with van der Waals surface area (Å²) in [5.41, 5.74) is -5.58. The molecule has 1 amide bonds. The molecule has 0 aliphatic carbocycles. The topological polar surface area (TPSA) is 111 Å². The second kappa shape index (κ2) is 8.06. The third-order valence-electron chi connectivity index (χ3n) is 3.77. The number of halogens is 3. The van der Waals surface area contributed by atoms with Gasteiger partial charge in [-0.2, -0.15) is 13.2 Å². The molecule has 1 aromatic carbocycles. The number of anilines is 1. The maximum Gasteiger partial charge on any atom is 0.503 e. The lowest BCUT2D eigenvalue weighted by Gasteiger charge is -2.13. The zero-order valence-electron chi connectivity index (χ0n) is 15.2. The highest BCUT2D eigenvalue weighted by Gasteiger charge is 2.49. The summed E-state index contributed by atoms with van der Waals surface area (Å²) in [5.74, 6) is -0.701. The van der Waals surface area contributed by atoms with Crippen LogP contribution < -0.4 is 10.1 Å². The number of nitrogens with one attached hydrogen (secondary N) is 1. The minimum atomic E-state index is -5.80. The van der Waals surface area contributed by atoms with Crippen LogP contribution in [0.1, 0.15) is 15.9 Å². The number of benzene rings is 1. The van der Waals surface area contributed by atoms with Crippen LogP contribution in [0.25, 0.3) is 0 Å². The second-order valence-electron chi connectivity index (χ2n) is 5.87. The summed E-state index contributed by atoms with van der Waals surface area (Å²) in [5, 5.41) is 1.02. The first-order valence-electron chi connectivity index (χ1n) is 8.23. The van der Waals surface area contributed by atoms with Gasteiger partial charge in [-0.15, -0.1) is 0 Å². The Labute approximate surface area is 168 Å². The van der Waals surface area contributed by atoms with Crippen molar-refractivity contribution in [1.82, 2.24) is 15.0 Å². The highest BCUT2D eigenvalue weighted by atomic mass is 32.2. The second-order valence-corrected chi connectivity index (χ2v) is 7.73. The molecule has 0 radical (unpaired) electrons. The highest BCUT2D eigenvalue weighted by Crippen LogP contribution is 2.31. The van der Waals surface area contributed by atoms with Crippen LogP contribution in [0, 0.1) is 6.92 Å². The number of carbonyl (C=O) groups is 1. The van der Waals surface area contributed by atoms with E-state index in [1.54, 1.807) is 19.1 Å². The first kappa shape index (κ1) is 21.2. The molecule has 2 heterocycles. The molecule has 12 heteroatoms. The summed E-state index contributed by atoms with van der Waals surface area (Å²) in [6, 6.07) is 8.29. The fraction of sp³-hybridized carbons (Fsp3) is 0.111. The van der Waals surface area contributed by atoms with Crippen LogP contribution in [0.4, 0.5) is 18.9 Å². The Bertz CT molecular complexity index is 1190. The van der Waals surface area contributed by atoms with Crippen molar-refractivity contribution in [2.45, 2.75) is 17.5 Å². The normalized spacial score (nSPS) is 11.7. The molecule has 3 rings (SSSR count). The molecule has 1 N–H and O–H groups in total. The molecule has 8 nitrogen and oxygen atoms in total. The van der Waals surface area contributed by atoms with Gasteiger partial charge in [0.1, 0.15) is 5.75 Å². The van der Waals surface area contributed by atoms with Gasteiger partial charge >= 0.3 is 11.5 Å². The van der Waals surface area contributed by atoms with Crippen molar-refractivity contribution in [2.24, 2.45) is 0 Å². The van der Waals surface area contributed by atoms with Gasteiger partial charge in [0.2, 0.25) is 0 Å². The van der Waals surface area contributed by atoms with E-state index < -0.39 is 31.8 Å². The number of pyridine rings is 1. The third-order valence-corrected chi connectivity index (χ3v) is 5.22.